The Morgan fingerprint density at radius 2 is 0.960 bits per heavy atom. The van der Waals surface area contributed by atoms with Gasteiger partial charge in [0.2, 0.25) is 0 Å². The van der Waals surface area contributed by atoms with Crippen LogP contribution in [0.15, 0.2) is 187 Å². The molecule has 0 radical (unpaired) electrons. The first-order valence-corrected chi connectivity index (χ1v) is 14.9. The molecule has 0 aliphatic heterocycles. The minimum absolute atomic E-state index is 0.357. The molecule has 0 bridgehead atoms. The molecule has 0 unspecified atom stereocenters. The molecule has 0 fully saturated rings. The molecule has 1 nitrogen and oxygen atoms in total. The number of anilines is 3. The molecule has 50 heavy (non-hydrogen) atoms. The van der Waals surface area contributed by atoms with E-state index in [0.717, 1.165) is 0 Å². The lowest BCUT2D eigenvalue weighted by Gasteiger charge is -2.38. The SMILES string of the molecule is [2H]c1c([2H])c([2H])c(-c2c([2H])c([2H])c(N(c3c([2H])c([2H])c([2H])c(-c4c([2H])c([2H])c([2H])c([2H])c4[2H])c3[2H])c3c([2H])c([2H])c4c([2H])c([2H])c([2H])c5c4c3-c3c([2H])c([2H])c(-c4c([2H])c([2H])c([2H])c([2H])c4[2H])c([2H])c3C5(C)C)c([2H])c2[2H])c([2H])c1[2H]. The highest BCUT2D eigenvalue weighted by atomic mass is 15.1. The van der Waals surface area contributed by atoms with Crippen molar-refractivity contribution in [3.8, 4) is 44.5 Å². The molecular formula is C49H37N. The highest BCUT2D eigenvalue weighted by Crippen LogP contribution is 2.54. The summed E-state index contributed by atoms with van der Waals surface area (Å²) in [5.41, 5.74) is -12.5. The zero-order valence-electron chi connectivity index (χ0n) is 56.9. The van der Waals surface area contributed by atoms with Crippen molar-refractivity contribution >= 4 is 27.8 Å². The zero-order valence-corrected chi connectivity index (χ0v) is 25.9. The summed E-state index contributed by atoms with van der Waals surface area (Å²) in [7, 11) is 0. The Morgan fingerprint density at radius 3 is 1.62 bits per heavy atom. The molecule has 0 spiro atoms. The molecule has 1 aliphatic carbocycles. The van der Waals surface area contributed by atoms with E-state index in [-0.39, 0.29) is 5.56 Å². The van der Waals surface area contributed by atoms with Gasteiger partial charge >= 0.3 is 0 Å². The van der Waals surface area contributed by atoms with E-state index in [1.165, 1.54) is 13.8 Å². The van der Waals surface area contributed by atoms with Crippen LogP contribution in [0.1, 0.15) is 67.5 Å². The molecule has 0 aromatic heterocycles. The van der Waals surface area contributed by atoms with Crippen molar-refractivity contribution in [3.63, 3.8) is 0 Å². The summed E-state index contributed by atoms with van der Waals surface area (Å²) in [5, 5.41) is -1.07. The molecule has 0 N–H and O–H groups in total. The van der Waals surface area contributed by atoms with E-state index in [9.17, 15) is 19.2 Å². The van der Waals surface area contributed by atoms with Crippen LogP contribution in [0.4, 0.5) is 17.1 Å². The van der Waals surface area contributed by atoms with E-state index < -0.39 is 271 Å². The largest absolute Gasteiger partial charge is 0.310 e. The maximum absolute atomic E-state index is 9.99. The van der Waals surface area contributed by atoms with Gasteiger partial charge in [0, 0.05) is 22.4 Å². The monoisotopic (exact) mass is 670 g/mol. The average Bonchev–Trinajstić information content (AvgIpc) is 1.01. The van der Waals surface area contributed by atoms with E-state index in [4.69, 9.17) is 23.3 Å². The van der Waals surface area contributed by atoms with Gasteiger partial charge in [0.15, 0.2) is 0 Å². The van der Waals surface area contributed by atoms with Gasteiger partial charge in [0.05, 0.1) is 48.2 Å². The second kappa shape index (κ2) is 12.1. The minimum atomic E-state index is -1.94. The first kappa shape index (κ1) is 11.7. The molecule has 0 saturated carbocycles. The number of benzene rings is 8. The van der Waals surface area contributed by atoms with Crippen molar-refractivity contribution in [1.82, 2.24) is 0 Å². The fraction of sp³-hybridized carbons (Fsp3) is 0.0612. The maximum atomic E-state index is 9.99. The summed E-state index contributed by atoms with van der Waals surface area (Å²) >= 11 is 0. The van der Waals surface area contributed by atoms with Crippen molar-refractivity contribution in [2.45, 2.75) is 19.3 Å². The van der Waals surface area contributed by atoms with Crippen LogP contribution in [0, 0.1) is 0 Å². The van der Waals surface area contributed by atoms with Crippen molar-refractivity contribution in [1.29, 1.82) is 0 Å². The Labute approximate surface area is 338 Å². The van der Waals surface area contributed by atoms with Crippen LogP contribution in [0.2, 0.25) is 0 Å². The van der Waals surface area contributed by atoms with Crippen LogP contribution < -0.4 is 4.90 Å². The van der Waals surface area contributed by atoms with Gasteiger partial charge in [0.25, 0.3) is 0 Å². The van der Waals surface area contributed by atoms with Gasteiger partial charge in [-0.1, -0.05) is 165 Å². The Kier molecular flexibility index (Phi) is 2.82. The van der Waals surface area contributed by atoms with Crippen molar-refractivity contribution in [2.24, 2.45) is 0 Å². The maximum Gasteiger partial charge on any atom is 0.0651 e. The Balaban J connectivity index is 1.61. The lowest BCUT2D eigenvalue weighted by molar-refractivity contribution is 0.645. The Morgan fingerprint density at radius 1 is 0.420 bits per heavy atom. The first-order valence-electron chi connectivity index (χ1n) is 30.4. The molecule has 1 aliphatic rings. The molecule has 8 aromatic carbocycles. The van der Waals surface area contributed by atoms with Gasteiger partial charge in [-0.15, -0.1) is 0 Å². The third kappa shape index (κ3) is 5.02. The fourth-order valence-corrected chi connectivity index (χ4v) is 5.82. The Bertz CT molecular complexity index is 4160. The lowest BCUT2D eigenvalue weighted by Crippen LogP contribution is -2.24. The second-order valence-corrected chi connectivity index (χ2v) is 11.4. The van der Waals surface area contributed by atoms with Gasteiger partial charge < -0.3 is 4.90 Å². The summed E-state index contributed by atoms with van der Waals surface area (Å²) in [5.74, 6) is 0. The summed E-state index contributed by atoms with van der Waals surface area (Å²) in [6, 6.07) is -31.7. The minimum Gasteiger partial charge on any atom is -0.310 e. The zero-order chi connectivity index (χ0) is 60.6. The molecule has 0 amide bonds. The average molecular weight is 671 g/mol. The molecular weight excluding hydrogens is 603 g/mol. The molecule has 1 heteroatoms. The number of nitrogens with zero attached hydrogens (tertiary/aromatic N) is 1. The second-order valence-electron chi connectivity index (χ2n) is 11.4. The number of hydrogen-bond donors (Lipinski definition) is 0. The third-order valence-corrected chi connectivity index (χ3v) is 8.12. The van der Waals surface area contributed by atoms with Gasteiger partial charge in [-0.05, 0) is 97.1 Å². The fourth-order valence-electron chi connectivity index (χ4n) is 5.82. The lowest BCUT2D eigenvalue weighted by atomic mass is 9.67. The van der Waals surface area contributed by atoms with Gasteiger partial charge in [-0.3, -0.25) is 0 Å². The topological polar surface area (TPSA) is 3.24 Å². The van der Waals surface area contributed by atoms with Crippen LogP contribution in [-0.2, 0) is 5.41 Å². The van der Waals surface area contributed by atoms with Gasteiger partial charge in [-0.25, -0.2) is 0 Å². The number of hydrogen-bond acceptors (Lipinski definition) is 1. The van der Waals surface area contributed by atoms with Crippen LogP contribution >= 0.6 is 0 Å². The number of fused-ring (bicyclic) bond motifs is 2. The van der Waals surface area contributed by atoms with E-state index in [2.05, 4.69) is 0 Å². The highest BCUT2D eigenvalue weighted by molar-refractivity contribution is 6.10. The molecule has 0 heterocycles. The van der Waals surface area contributed by atoms with Crippen LogP contribution in [-0.4, -0.2) is 0 Å². The van der Waals surface area contributed by atoms with Crippen LogP contribution in [0.25, 0.3) is 55.3 Å². The number of rotatable bonds is 6. The quantitative estimate of drug-likeness (QED) is 0.170. The van der Waals surface area contributed by atoms with Gasteiger partial charge in [-0.2, -0.15) is 0 Å². The summed E-state index contributed by atoms with van der Waals surface area (Å²) in [4.78, 5) is 0.423. The van der Waals surface area contributed by atoms with E-state index in [1.54, 1.807) is 0 Å². The summed E-state index contributed by atoms with van der Waals surface area (Å²) in [6.07, 6.45) is 0. The summed E-state index contributed by atoms with van der Waals surface area (Å²) in [6.45, 7) is 2.73. The van der Waals surface area contributed by atoms with Gasteiger partial charge in [0.1, 0.15) is 0 Å². The van der Waals surface area contributed by atoms with Crippen LogP contribution in [0.3, 0.4) is 0 Å². The van der Waals surface area contributed by atoms with Crippen molar-refractivity contribution in [3.05, 3.63) is 198 Å². The standard InChI is InChI=1S/C49H37N/c1-49(2)44-23-13-20-38-27-31-46(48(47(38)44)43-30-26-40(33-45(43)49)36-18-10-5-11-19-36)50(41-28-24-37(25-29-41)34-14-6-3-7-15-34)42-22-12-21-39(32-42)35-16-8-4-9-17-35/h3-33H,1-2H3/i3D,4D,5D,6D,7D,8D,9D,10D,11D,12D,13D,14D,15D,16D,17D,18D,19D,20D,21D,22D,23D,24D,25D,26D,27D,28D,29D,30D,31D,32D,33D. The summed E-state index contributed by atoms with van der Waals surface area (Å²) < 4.78 is 281. The van der Waals surface area contributed by atoms with E-state index in [0.29, 0.717) is 4.90 Å². The molecule has 9 rings (SSSR count). The van der Waals surface area contributed by atoms with E-state index >= 15 is 0 Å². The normalized spacial score (nSPS) is 21.4. The molecule has 0 saturated heterocycles. The highest BCUT2D eigenvalue weighted by Gasteiger charge is 2.36. The predicted octanol–water partition coefficient (Wildman–Crippen LogP) is 13.6. The molecule has 238 valence electrons. The molecule has 8 aromatic rings. The predicted molar refractivity (Wildman–Crippen MR) is 213 cm³/mol. The Hall–Kier alpha value is -6.18. The van der Waals surface area contributed by atoms with Crippen molar-refractivity contribution in [2.75, 3.05) is 4.90 Å². The van der Waals surface area contributed by atoms with Crippen molar-refractivity contribution < 1.29 is 42.5 Å². The third-order valence-electron chi connectivity index (χ3n) is 8.12. The van der Waals surface area contributed by atoms with E-state index in [1.807, 2.05) is 0 Å². The smallest absolute Gasteiger partial charge is 0.0651 e. The molecule has 0 atom stereocenters. The van der Waals surface area contributed by atoms with Crippen LogP contribution in [0.5, 0.6) is 0 Å². The first-order chi connectivity index (χ1) is 37.5.